The molecule has 0 heterocycles. The summed E-state index contributed by atoms with van der Waals surface area (Å²) in [6, 6.07) is 4.40. The van der Waals surface area contributed by atoms with Crippen molar-refractivity contribution in [1.29, 1.82) is 0 Å². The van der Waals surface area contributed by atoms with Gasteiger partial charge in [-0.3, -0.25) is 9.69 Å². The molecule has 18 heavy (non-hydrogen) atoms. The maximum Gasteiger partial charge on any atom is 0.320 e. The molecule has 1 aliphatic carbocycles. The molecule has 98 valence electrons. The maximum atomic E-state index is 13.1. The van der Waals surface area contributed by atoms with Crippen LogP contribution in [0.15, 0.2) is 18.2 Å². The molecule has 3 nitrogen and oxygen atoms in total. The Morgan fingerprint density at radius 3 is 2.94 bits per heavy atom. The third kappa shape index (κ3) is 2.25. The molecule has 0 aromatic heterocycles. The summed E-state index contributed by atoms with van der Waals surface area (Å²) >= 11 is 0. The molecule has 2 rings (SSSR count). The molecule has 1 aliphatic rings. The lowest BCUT2D eigenvalue weighted by Gasteiger charge is -2.30. The summed E-state index contributed by atoms with van der Waals surface area (Å²) in [5.41, 5.74) is 2.07. The largest absolute Gasteiger partial charge is 0.480 e. The maximum absolute atomic E-state index is 13.1. The Labute approximate surface area is 106 Å². The number of hydrogen-bond acceptors (Lipinski definition) is 2. The Morgan fingerprint density at radius 1 is 1.61 bits per heavy atom. The second-order valence-electron chi connectivity index (χ2n) is 4.83. The van der Waals surface area contributed by atoms with Gasteiger partial charge in [-0.25, -0.2) is 4.39 Å². The van der Waals surface area contributed by atoms with Crippen LogP contribution in [0.25, 0.3) is 0 Å². The first-order valence-electron chi connectivity index (χ1n) is 6.27. The molecule has 0 amide bonds. The van der Waals surface area contributed by atoms with E-state index in [1.54, 1.807) is 12.1 Å². The fraction of sp³-hybridized carbons (Fsp3) is 0.500. The third-order valence-electron chi connectivity index (χ3n) is 3.81. The molecule has 0 aliphatic heterocycles. The first kappa shape index (κ1) is 13.0. The lowest BCUT2D eigenvalue weighted by Crippen LogP contribution is -2.39. The van der Waals surface area contributed by atoms with E-state index in [0.717, 1.165) is 24.0 Å². The lowest BCUT2D eigenvalue weighted by atomic mass is 10.0. The van der Waals surface area contributed by atoms with Crippen LogP contribution in [0.2, 0.25) is 0 Å². The highest BCUT2D eigenvalue weighted by atomic mass is 19.1. The highest BCUT2D eigenvalue weighted by Crippen LogP contribution is 2.36. The van der Waals surface area contributed by atoms with Gasteiger partial charge in [0.05, 0.1) is 0 Å². The fourth-order valence-corrected chi connectivity index (χ4v) is 2.84. The second-order valence-corrected chi connectivity index (χ2v) is 4.83. The van der Waals surface area contributed by atoms with Crippen molar-refractivity contribution < 1.29 is 14.3 Å². The molecule has 0 saturated heterocycles. The minimum atomic E-state index is -0.796. The zero-order valence-electron chi connectivity index (χ0n) is 10.7. The lowest BCUT2D eigenvalue weighted by molar-refractivity contribution is -0.143. The minimum absolute atomic E-state index is 0.0849. The van der Waals surface area contributed by atoms with E-state index < -0.39 is 12.0 Å². The van der Waals surface area contributed by atoms with Crippen molar-refractivity contribution in [2.24, 2.45) is 0 Å². The van der Waals surface area contributed by atoms with Gasteiger partial charge in [0, 0.05) is 6.04 Å². The van der Waals surface area contributed by atoms with E-state index in [2.05, 4.69) is 0 Å². The first-order valence-corrected chi connectivity index (χ1v) is 6.27. The van der Waals surface area contributed by atoms with Crippen LogP contribution in [-0.4, -0.2) is 29.1 Å². The van der Waals surface area contributed by atoms with Crippen molar-refractivity contribution in [1.82, 2.24) is 4.90 Å². The minimum Gasteiger partial charge on any atom is -0.480 e. The first-order chi connectivity index (χ1) is 8.54. The van der Waals surface area contributed by atoms with E-state index in [1.807, 2.05) is 18.9 Å². The van der Waals surface area contributed by atoms with Crippen LogP contribution < -0.4 is 0 Å². The number of likely N-dealkylation sites (N-methyl/N-ethyl adjacent to an activating group) is 1. The zero-order valence-corrected chi connectivity index (χ0v) is 10.7. The van der Waals surface area contributed by atoms with Crippen molar-refractivity contribution in [2.45, 2.75) is 38.3 Å². The quantitative estimate of drug-likeness (QED) is 0.894. The Bertz CT molecular complexity index is 461. The predicted molar refractivity (Wildman–Crippen MR) is 66.9 cm³/mol. The molecule has 4 heteroatoms. The van der Waals surface area contributed by atoms with Crippen molar-refractivity contribution in [3.8, 4) is 0 Å². The van der Waals surface area contributed by atoms with Crippen LogP contribution in [0.1, 0.15) is 36.9 Å². The van der Waals surface area contributed by atoms with Gasteiger partial charge in [0.2, 0.25) is 0 Å². The van der Waals surface area contributed by atoms with Gasteiger partial charge in [-0.05, 0) is 49.6 Å². The Balaban J connectivity index is 2.25. The van der Waals surface area contributed by atoms with Gasteiger partial charge < -0.3 is 5.11 Å². The SMILES string of the molecule is CCC(C(=O)O)N(C)C1CCc2cc(F)ccc21. The number of hydrogen-bond donors (Lipinski definition) is 1. The van der Waals surface area contributed by atoms with Gasteiger partial charge in [-0.2, -0.15) is 0 Å². The monoisotopic (exact) mass is 251 g/mol. The van der Waals surface area contributed by atoms with Gasteiger partial charge in [0.15, 0.2) is 0 Å². The molecule has 1 aromatic carbocycles. The Hall–Kier alpha value is -1.42. The molecule has 0 bridgehead atoms. The summed E-state index contributed by atoms with van der Waals surface area (Å²) in [5.74, 6) is -1.02. The average molecular weight is 251 g/mol. The number of carboxylic acid groups (broad SMARTS) is 1. The van der Waals surface area contributed by atoms with E-state index in [1.165, 1.54) is 6.07 Å². The zero-order chi connectivity index (χ0) is 13.3. The topological polar surface area (TPSA) is 40.5 Å². The summed E-state index contributed by atoms with van der Waals surface area (Å²) in [4.78, 5) is 13.1. The van der Waals surface area contributed by atoms with Gasteiger partial charge in [-0.1, -0.05) is 13.0 Å². The third-order valence-corrected chi connectivity index (χ3v) is 3.81. The van der Waals surface area contributed by atoms with Gasteiger partial charge >= 0.3 is 5.97 Å². The molecular weight excluding hydrogens is 233 g/mol. The molecule has 0 fully saturated rings. The molecule has 0 spiro atoms. The van der Waals surface area contributed by atoms with E-state index in [0.29, 0.717) is 6.42 Å². The molecular formula is C14H18FNO2. The normalized spacial score (nSPS) is 19.9. The van der Waals surface area contributed by atoms with E-state index in [-0.39, 0.29) is 11.9 Å². The number of carbonyl (C=O) groups is 1. The number of rotatable bonds is 4. The summed E-state index contributed by atoms with van der Waals surface area (Å²) in [7, 11) is 1.84. The van der Waals surface area contributed by atoms with Crippen LogP contribution in [0, 0.1) is 5.82 Å². The highest BCUT2D eigenvalue weighted by Gasteiger charge is 2.32. The van der Waals surface area contributed by atoms with Gasteiger partial charge in [-0.15, -0.1) is 0 Å². The summed E-state index contributed by atoms with van der Waals surface area (Å²) in [5, 5.41) is 9.19. The molecule has 1 N–H and O–H groups in total. The molecule has 0 radical (unpaired) electrons. The van der Waals surface area contributed by atoms with Crippen LogP contribution in [0.4, 0.5) is 4.39 Å². The van der Waals surface area contributed by atoms with Crippen LogP contribution in [0.5, 0.6) is 0 Å². The van der Waals surface area contributed by atoms with Crippen molar-refractivity contribution in [3.63, 3.8) is 0 Å². The summed E-state index contributed by atoms with van der Waals surface area (Å²) < 4.78 is 13.1. The number of benzene rings is 1. The van der Waals surface area contributed by atoms with Crippen LogP contribution in [-0.2, 0) is 11.2 Å². The van der Waals surface area contributed by atoms with Crippen molar-refractivity contribution in [2.75, 3.05) is 7.05 Å². The number of halogens is 1. The van der Waals surface area contributed by atoms with Crippen LogP contribution >= 0.6 is 0 Å². The highest BCUT2D eigenvalue weighted by molar-refractivity contribution is 5.73. The molecule has 0 saturated carbocycles. The fourth-order valence-electron chi connectivity index (χ4n) is 2.84. The molecule has 2 unspecified atom stereocenters. The molecule has 2 atom stereocenters. The predicted octanol–water partition coefficient (Wildman–Crippen LogP) is 2.61. The van der Waals surface area contributed by atoms with E-state index >= 15 is 0 Å². The number of fused-ring (bicyclic) bond motifs is 1. The van der Waals surface area contributed by atoms with E-state index in [4.69, 9.17) is 0 Å². The number of aliphatic carboxylic acids is 1. The van der Waals surface area contributed by atoms with Crippen molar-refractivity contribution in [3.05, 3.63) is 35.1 Å². The summed E-state index contributed by atoms with van der Waals surface area (Å²) in [6.45, 7) is 1.87. The average Bonchev–Trinajstić information content (AvgIpc) is 2.71. The van der Waals surface area contributed by atoms with Gasteiger partial charge in [0.1, 0.15) is 11.9 Å². The molecule has 1 aromatic rings. The smallest absolute Gasteiger partial charge is 0.320 e. The van der Waals surface area contributed by atoms with Crippen molar-refractivity contribution >= 4 is 5.97 Å². The van der Waals surface area contributed by atoms with Crippen LogP contribution in [0.3, 0.4) is 0 Å². The van der Waals surface area contributed by atoms with E-state index in [9.17, 15) is 14.3 Å². The standard InChI is InChI=1S/C14H18FNO2/c1-3-12(14(17)18)16(2)13-7-4-9-8-10(15)5-6-11(9)13/h5-6,8,12-13H,3-4,7H2,1-2H3,(H,17,18). The number of aryl methyl sites for hydroxylation is 1. The second kappa shape index (κ2) is 5.06. The number of nitrogens with zero attached hydrogens (tertiary/aromatic N) is 1. The Morgan fingerprint density at radius 2 is 2.33 bits per heavy atom. The summed E-state index contributed by atoms with van der Waals surface area (Å²) in [6.07, 6.45) is 2.25. The van der Waals surface area contributed by atoms with Gasteiger partial charge in [0.25, 0.3) is 0 Å². The Kier molecular flexibility index (Phi) is 3.66. The number of carboxylic acids is 1.